The summed E-state index contributed by atoms with van der Waals surface area (Å²) in [6.07, 6.45) is 10.2. The van der Waals surface area contributed by atoms with Gasteiger partial charge in [-0.25, -0.2) is 0 Å². The van der Waals surface area contributed by atoms with Crippen molar-refractivity contribution in [3.63, 3.8) is 0 Å². The first-order valence-electron chi connectivity index (χ1n) is 6.09. The van der Waals surface area contributed by atoms with Gasteiger partial charge in [0.15, 0.2) is 0 Å². The molecule has 0 bridgehead atoms. The summed E-state index contributed by atoms with van der Waals surface area (Å²) in [5.41, 5.74) is 0. The molecule has 84 valence electrons. The molecule has 1 unspecified atom stereocenters. The van der Waals surface area contributed by atoms with Gasteiger partial charge in [-0.1, -0.05) is 32.1 Å². The quantitative estimate of drug-likeness (QED) is 0.751. The molecule has 1 fully saturated rings. The van der Waals surface area contributed by atoms with Crippen LogP contribution in [0.2, 0.25) is 0 Å². The lowest BCUT2D eigenvalue weighted by Crippen LogP contribution is -2.35. The molecule has 1 saturated carbocycles. The molecule has 0 spiro atoms. The molecule has 2 nitrogen and oxygen atoms in total. The fourth-order valence-corrected chi connectivity index (χ4v) is 2.08. The van der Waals surface area contributed by atoms with Gasteiger partial charge < -0.3 is 10.1 Å². The zero-order chi connectivity index (χ0) is 10.2. The first kappa shape index (κ1) is 12.0. The van der Waals surface area contributed by atoms with Crippen LogP contribution in [0.4, 0.5) is 0 Å². The Balaban J connectivity index is 2.13. The van der Waals surface area contributed by atoms with E-state index in [1.807, 2.05) is 0 Å². The fraction of sp³-hybridized carbons (Fsp3) is 1.00. The van der Waals surface area contributed by atoms with Gasteiger partial charge in [-0.3, -0.25) is 0 Å². The van der Waals surface area contributed by atoms with Crippen molar-refractivity contribution in [3.05, 3.63) is 0 Å². The van der Waals surface area contributed by atoms with Crippen molar-refractivity contribution in [1.29, 1.82) is 0 Å². The molecule has 14 heavy (non-hydrogen) atoms. The normalized spacial score (nSPS) is 22.7. The van der Waals surface area contributed by atoms with Crippen LogP contribution in [0.3, 0.4) is 0 Å². The molecule has 0 aromatic rings. The number of hydrogen-bond donors (Lipinski definition) is 1. The summed E-state index contributed by atoms with van der Waals surface area (Å²) in [5, 5.41) is 3.62. The molecule has 1 aliphatic rings. The summed E-state index contributed by atoms with van der Waals surface area (Å²) in [6.45, 7) is 3.12. The maximum atomic E-state index is 5.23. The smallest absolute Gasteiger partial charge is 0.0667 e. The van der Waals surface area contributed by atoms with E-state index in [0.29, 0.717) is 6.10 Å². The van der Waals surface area contributed by atoms with Gasteiger partial charge in [0.25, 0.3) is 0 Å². The zero-order valence-electron chi connectivity index (χ0n) is 9.72. The molecule has 0 aliphatic heterocycles. The molecular formula is C12H25NO. The molecule has 0 heterocycles. The van der Waals surface area contributed by atoms with E-state index in [1.165, 1.54) is 44.9 Å². The number of ether oxygens (including phenoxy) is 1. The van der Waals surface area contributed by atoms with Crippen molar-refractivity contribution >= 4 is 0 Å². The van der Waals surface area contributed by atoms with Gasteiger partial charge in [0.05, 0.1) is 6.10 Å². The number of nitrogens with one attached hydrogen (secondary N) is 1. The summed E-state index contributed by atoms with van der Waals surface area (Å²) in [4.78, 5) is 0. The summed E-state index contributed by atoms with van der Waals surface area (Å²) in [7, 11) is 1.78. The summed E-state index contributed by atoms with van der Waals surface area (Å²) in [6, 6.07) is 0.743. The highest BCUT2D eigenvalue weighted by Gasteiger charge is 2.11. The maximum Gasteiger partial charge on any atom is 0.0667 e. The van der Waals surface area contributed by atoms with Gasteiger partial charge in [-0.15, -0.1) is 0 Å². The van der Waals surface area contributed by atoms with E-state index in [0.717, 1.165) is 12.6 Å². The third-order valence-electron chi connectivity index (χ3n) is 3.20. The number of methoxy groups -OCH3 is 1. The molecule has 2 heteroatoms. The van der Waals surface area contributed by atoms with Gasteiger partial charge in [0.1, 0.15) is 0 Å². The van der Waals surface area contributed by atoms with E-state index in [2.05, 4.69) is 12.2 Å². The molecule has 0 radical (unpaired) electrons. The van der Waals surface area contributed by atoms with Crippen LogP contribution in [0, 0.1) is 0 Å². The topological polar surface area (TPSA) is 21.3 Å². The van der Waals surface area contributed by atoms with Crippen LogP contribution in [-0.2, 0) is 4.74 Å². The Hall–Kier alpha value is -0.0800. The van der Waals surface area contributed by atoms with Crippen molar-refractivity contribution in [2.45, 2.75) is 64.0 Å². The van der Waals surface area contributed by atoms with Gasteiger partial charge in [-0.05, 0) is 19.8 Å². The highest BCUT2D eigenvalue weighted by Crippen LogP contribution is 2.16. The predicted octanol–water partition coefficient (Wildman–Crippen LogP) is 2.72. The summed E-state index contributed by atoms with van der Waals surface area (Å²) < 4.78 is 5.23. The standard InChI is InChI=1S/C12H25NO/c1-11(14-2)10-13-12-8-6-4-3-5-7-9-12/h11-13H,3-10H2,1-2H3. The SMILES string of the molecule is COC(C)CNC1CCCCCCC1. The zero-order valence-corrected chi connectivity index (χ0v) is 9.72. The Labute approximate surface area is 88.4 Å². The lowest BCUT2D eigenvalue weighted by Gasteiger charge is -2.22. The van der Waals surface area contributed by atoms with Crippen molar-refractivity contribution in [1.82, 2.24) is 5.32 Å². The lowest BCUT2D eigenvalue weighted by atomic mass is 9.97. The number of hydrogen-bond acceptors (Lipinski definition) is 2. The minimum absolute atomic E-state index is 0.348. The molecule has 1 rings (SSSR count). The molecule has 0 saturated heterocycles. The van der Waals surface area contributed by atoms with Crippen molar-refractivity contribution in [3.8, 4) is 0 Å². The van der Waals surface area contributed by atoms with Crippen molar-refractivity contribution < 1.29 is 4.74 Å². The summed E-state index contributed by atoms with van der Waals surface area (Å²) >= 11 is 0. The van der Waals surface area contributed by atoms with E-state index in [4.69, 9.17) is 4.74 Å². The lowest BCUT2D eigenvalue weighted by molar-refractivity contribution is 0.113. The molecule has 0 aromatic heterocycles. The molecular weight excluding hydrogens is 174 g/mol. The predicted molar refractivity (Wildman–Crippen MR) is 60.6 cm³/mol. The fourth-order valence-electron chi connectivity index (χ4n) is 2.08. The van der Waals surface area contributed by atoms with E-state index in [-0.39, 0.29) is 0 Å². The van der Waals surface area contributed by atoms with Gasteiger partial charge in [-0.2, -0.15) is 0 Å². The van der Waals surface area contributed by atoms with Crippen LogP contribution in [0.25, 0.3) is 0 Å². The van der Waals surface area contributed by atoms with Crippen molar-refractivity contribution in [2.24, 2.45) is 0 Å². The van der Waals surface area contributed by atoms with Gasteiger partial charge >= 0.3 is 0 Å². The second-order valence-corrected chi connectivity index (χ2v) is 4.50. The average molecular weight is 199 g/mol. The Morgan fingerprint density at radius 1 is 1.14 bits per heavy atom. The van der Waals surface area contributed by atoms with Crippen LogP contribution >= 0.6 is 0 Å². The largest absolute Gasteiger partial charge is 0.380 e. The Morgan fingerprint density at radius 2 is 1.71 bits per heavy atom. The van der Waals surface area contributed by atoms with E-state index < -0.39 is 0 Å². The van der Waals surface area contributed by atoms with E-state index >= 15 is 0 Å². The van der Waals surface area contributed by atoms with Gasteiger partial charge in [0, 0.05) is 19.7 Å². The van der Waals surface area contributed by atoms with Gasteiger partial charge in [0.2, 0.25) is 0 Å². The highest BCUT2D eigenvalue weighted by atomic mass is 16.5. The Bertz CT molecular complexity index is 130. The molecule has 1 N–H and O–H groups in total. The van der Waals surface area contributed by atoms with Crippen LogP contribution in [0.5, 0.6) is 0 Å². The van der Waals surface area contributed by atoms with E-state index in [9.17, 15) is 0 Å². The third-order valence-corrected chi connectivity index (χ3v) is 3.20. The minimum Gasteiger partial charge on any atom is -0.380 e. The van der Waals surface area contributed by atoms with Crippen LogP contribution < -0.4 is 5.32 Å². The molecule has 0 amide bonds. The van der Waals surface area contributed by atoms with Crippen LogP contribution in [0.15, 0.2) is 0 Å². The second-order valence-electron chi connectivity index (χ2n) is 4.50. The second kappa shape index (κ2) is 7.24. The monoisotopic (exact) mass is 199 g/mol. The van der Waals surface area contributed by atoms with E-state index in [1.54, 1.807) is 7.11 Å². The molecule has 1 atom stereocenters. The third kappa shape index (κ3) is 4.97. The van der Waals surface area contributed by atoms with Crippen molar-refractivity contribution in [2.75, 3.05) is 13.7 Å². The number of rotatable bonds is 4. The molecule has 1 aliphatic carbocycles. The van der Waals surface area contributed by atoms with Crippen LogP contribution in [0.1, 0.15) is 51.9 Å². The molecule has 0 aromatic carbocycles. The highest BCUT2D eigenvalue weighted by molar-refractivity contribution is 4.70. The Kier molecular flexibility index (Phi) is 6.20. The summed E-state index contributed by atoms with van der Waals surface area (Å²) in [5.74, 6) is 0. The maximum absolute atomic E-state index is 5.23. The minimum atomic E-state index is 0.348. The first-order valence-corrected chi connectivity index (χ1v) is 6.09. The van der Waals surface area contributed by atoms with Crippen LogP contribution in [-0.4, -0.2) is 25.8 Å². The average Bonchev–Trinajstić information content (AvgIpc) is 2.15. The Morgan fingerprint density at radius 3 is 2.29 bits per heavy atom. The first-order chi connectivity index (χ1) is 6.83.